The molecule has 12 nitrogen and oxygen atoms in total. The summed E-state index contributed by atoms with van der Waals surface area (Å²) in [6, 6.07) is 3.72. The molecule has 2 radical (unpaired) electrons. The predicted octanol–water partition coefficient (Wildman–Crippen LogP) is 1.28. The van der Waals surface area contributed by atoms with Crippen molar-refractivity contribution in [2.45, 2.75) is 60.4 Å². The first kappa shape index (κ1) is 27.0. The highest BCUT2D eigenvalue weighted by atomic mass is 32.2. The molecule has 1 amide bonds. The first-order valence-corrected chi connectivity index (χ1v) is 14.6. The molecule has 3 unspecified atom stereocenters. The second kappa shape index (κ2) is 10.1. The average Bonchev–Trinajstić information content (AvgIpc) is 3.29. The molecular weight excluding hydrogens is 553 g/mol. The molecule has 1 aromatic carbocycles. The molecule has 2 aliphatic heterocycles. The van der Waals surface area contributed by atoms with E-state index in [0.29, 0.717) is 47.1 Å². The van der Waals surface area contributed by atoms with Crippen molar-refractivity contribution in [3.8, 4) is 11.8 Å². The van der Waals surface area contributed by atoms with E-state index >= 15 is 0 Å². The lowest BCUT2D eigenvalue weighted by atomic mass is 9.82. The number of nitrogens with one attached hydrogen (secondary N) is 2. The molecule has 4 aliphatic rings. The van der Waals surface area contributed by atoms with Gasteiger partial charge in [-0.25, -0.2) is 19.7 Å². The van der Waals surface area contributed by atoms with Crippen LogP contribution in [0, 0.1) is 11.8 Å². The number of aliphatic imine (C=N–C) groups is 1. The zero-order chi connectivity index (χ0) is 29.1. The maximum Gasteiger partial charge on any atom is 0.264 e. The van der Waals surface area contributed by atoms with Gasteiger partial charge in [0.05, 0.1) is 47.3 Å². The van der Waals surface area contributed by atoms with Crippen LogP contribution in [0.2, 0.25) is 0 Å². The molecule has 42 heavy (non-hydrogen) atoms. The molecular formula is C28H28BN9O3S. The Morgan fingerprint density at radius 3 is 2.79 bits per heavy atom. The zero-order valence-corrected chi connectivity index (χ0v) is 23.7. The number of benzene rings is 1. The van der Waals surface area contributed by atoms with Crippen molar-refractivity contribution in [1.82, 2.24) is 29.4 Å². The summed E-state index contributed by atoms with van der Waals surface area (Å²) in [5, 5.41) is 29.6. The number of fused-ring (bicyclic) bond motifs is 5. The number of aryl methyl sites for hydroxylation is 1. The molecule has 4 N–H and O–H groups in total. The van der Waals surface area contributed by atoms with Crippen molar-refractivity contribution in [2.75, 3.05) is 16.8 Å². The number of anilines is 2. The minimum Gasteiger partial charge on any atom is -0.375 e. The van der Waals surface area contributed by atoms with Crippen molar-refractivity contribution in [3.63, 3.8) is 0 Å². The van der Waals surface area contributed by atoms with E-state index in [-0.39, 0.29) is 17.6 Å². The second-order valence-corrected chi connectivity index (χ2v) is 11.9. The molecule has 14 heteroatoms. The zero-order valence-electron chi connectivity index (χ0n) is 22.9. The number of amides is 1. The van der Waals surface area contributed by atoms with Gasteiger partial charge in [-0.2, -0.15) is 5.10 Å². The van der Waals surface area contributed by atoms with Crippen LogP contribution in [0.25, 0.3) is 0 Å². The van der Waals surface area contributed by atoms with E-state index in [1.54, 1.807) is 31.7 Å². The Labute approximate surface area is 248 Å². The molecule has 3 aromatic rings. The Hall–Kier alpha value is -3.90. The van der Waals surface area contributed by atoms with Gasteiger partial charge in [0.15, 0.2) is 7.85 Å². The van der Waals surface area contributed by atoms with Crippen molar-refractivity contribution >= 4 is 43.0 Å². The van der Waals surface area contributed by atoms with Gasteiger partial charge in [-0.15, -0.1) is 0 Å². The fraction of sp³-hybridized carbons (Fsp3) is 0.393. The van der Waals surface area contributed by atoms with Crippen molar-refractivity contribution in [1.29, 1.82) is 0 Å². The largest absolute Gasteiger partial charge is 0.375 e. The summed E-state index contributed by atoms with van der Waals surface area (Å²) in [6.45, 7) is 0.322. The molecule has 2 saturated carbocycles. The number of hydrogen-bond donors (Lipinski definition) is 4. The average molecular weight is 581 g/mol. The van der Waals surface area contributed by atoms with Crippen molar-refractivity contribution in [2.24, 2.45) is 12.0 Å². The molecule has 2 fully saturated rings. The number of nitrogens with zero attached hydrogens (tertiary/aromatic N) is 7. The Morgan fingerprint density at radius 2 is 2.05 bits per heavy atom. The van der Waals surface area contributed by atoms with Crippen molar-refractivity contribution < 1.29 is 15.0 Å². The van der Waals surface area contributed by atoms with Gasteiger partial charge in [-0.3, -0.25) is 14.4 Å². The summed E-state index contributed by atoms with van der Waals surface area (Å²) in [6.07, 6.45) is 11.9. The van der Waals surface area contributed by atoms with Crippen LogP contribution >= 0.6 is 11.9 Å². The SMILES string of the molecule is [B]C(O)(c1cnn(C)c1)N1C(=O)c2cc(SNC3(O)CC3)c(NCC#Cc3cncnc3)cc2N2C1=NC1CCCC12. The number of hydrogen-bond acceptors (Lipinski definition) is 11. The number of aromatic nitrogens is 4. The fourth-order valence-corrected chi connectivity index (χ4v) is 6.55. The maximum absolute atomic E-state index is 14.2. The highest BCUT2D eigenvalue weighted by molar-refractivity contribution is 7.97. The van der Waals surface area contributed by atoms with E-state index in [1.165, 1.54) is 34.1 Å². The third kappa shape index (κ3) is 4.72. The van der Waals surface area contributed by atoms with Gasteiger partial charge < -0.3 is 20.4 Å². The van der Waals surface area contributed by atoms with Gasteiger partial charge in [0.2, 0.25) is 5.96 Å². The smallest absolute Gasteiger partial charge is 0.264 e. The van der Waals surface area contributed by atoms with E-state index in [1.807, 2.05) is 11.0 Å². The lowest BCUT2D eigenvalue weighted by Crippen LogP contribution is -2.61. The van der Waals surface area contributed by atoms with E-state index < -0.39 is 17.3 Å². The van der Waals surface area contributed by atoms with Crippen LogP contribution < -0.4 is 14.9 Å². The van der Waals surface area contributed by atoms with E-state index in [4.69, 9.17) is 12.8 Å². The summed E-state index contributed by atoms with van der Waals surface area (Å²) in [4.78, 5) is 31.0. The fourth-order valence-electron chi connectivity index (χ4n) is 5.62. The third-order valence-electron chi connectivity index (χ3n) is 7.97. The number of carbonyl (C=O) groups excluding carboxylic acids is 1. The highest BCUT2D eigenvalue weighted by Crippen LogP contribution is 2.46. The minimum atomic E-state index is -2.18. The topological polar surface area (TPSA) is 144 Å². The van der Waals surface area contributed by atoms with Crippen molar-refractivity contribution in [3.05, 3.63) is 59.9 Å². The van der Waals surface area contributed by atoms with Crippen LogP contribution in [-0.4, -0.2) is 78.9 Å². The second-order valence-electron chi connectivity index (χ2n) is 11.0. The van der Waals surface area contributed by atoms with Crippen LogP contribution in [0.15, 0.2) is 53.1 Å². The van der Waals surface area contributed by atoms with E-state index in [0.717, 1.165) is 24.9 Å². The van der Waals surface area contributed by atoms with Crippen LogP contribution in [-0.2, 0) is 12.7 Å². The lowest BCUT2D eigenvalue weighted by Gasteiger charge is -2.45. The molecule has 2 aromatic heterocycles. The molecule has 0 bridgehead atoms. The highest BCUT2D eigenvalue weighted by Gasteiger charge is 2.52. The number of aliphatic hydroxyl groups is 2. The summed E-state index contributed by atoms with van der Waals surface area (Å²) >= 11 is 1.24. The van der Waals surface area contributed by atoms with Gasteiger partial charge in [0.25, 0.3) is 5.91 Å². The minimum absolute atomic E-state index is 0.0128. The number of guanidine groups is 1. The molecule has 2 aliphatic carbocycles. The van der Waals surface area contributed by atoms with Gasteiger partial charge in [-0.1, -0.05) is 11.8 Å². The number of rotatable bonds is 7. The first-order chi connectivity index (χ1) is 20.2. The third-order valence-corrected chi connectivity index (χ3v) is 9.01. The maximum atomic E-state index is 14.2. The van der Waals surface area contributed by atoms with Crippen LogP contribution in [0.4, 0.5) is 11.4 Å². The quantitative estimate of drug-likeness (QED) is 0.139. The molecule has 0 saturated heterocycles. The Morgan fingerprint density at radius 1 is 1.24 bits per heavy atom. The van der Waals surface area contributed by atoms with Gasteiger partial charge in [0, 0.05) is 36.1 Å². The normalized spacial score (nSPS) is 22.8. The lowest BCUT2D eigenvalue weighted by molar-refractivity contribution is 0.00614. The Balaban J connectivity index is 1.29. The van der Waals surface area contributed by atoms with Crippen LogP contribution in [0.5, 0.6) is 0 Å². The monoisotopic (exact) mass is 581 g/mol. The van der Waals surface area contributed by atoms with Crippen LogP contribution in [0.1, 0.15) is 53.6 Å². The summed E-state index contributed by atoms with van der Waals surface area (Å²) < 4.78 is 4.63. The van der Waals surface area contributed by atoms with Gasteiger partial charge in [0.1, 0.15) is 17.7 Å². The summed E-state index contributed by atoms with van der Waals surface area (Å²) in [5.41, 5.74) is -0.338. The Kier molecular flexibility index (Phi) is 6.50. The predicted molar refractivity (Wildman–Crippen MR) is 157 cm³/mol. The molecule has 212 valence electrons. The molecule has 4 heterocycles. The molecule has 7 rings (SSSR count). The summed E-state index contributed by atoms with van der Waals surface area (Å²) in [7, 11) is 8.23. The Bertz CT molecular complexity index is 1650. The van der Waals surface area contributed by atoms with E-state index in [9.17, 15) is 15.0 Å². The molecule has 3 atom stereocenters. The molecule has 0 spiro atoms. The summed E-state index contributed by atoms with van der Waals surface area (Å²) in [5.74, 6) is 5.98. The first-order valence-electron chi connectivity index (χ1n) is 13.8. The standard InChI is InChI=1S/C28H28BN9O3S/c1-36-15-18(14-33-36)28(29,41)38-25(39)19-10-24(42-35-27(40)7-8-27)21(32-9-3-4-17-12-30-16-31-13-17)11-23(19)37-22-6-2-5-20(22)34-26(37)38/h10-16,20,22,32,35,40-41H,2,5-9H2,1H3. The van der Waals surface area contributed by atoms with E-state index in [2.05, 4.69) is 36.9 Å². The van der Waals surface area contributed by atoms with Gasteiger partial charge >= 0.3 is 0 Å². The van der Waals surface area contributed by atoms with Crippen LogP contribution in [0.3, 0.4) is 0 Å². The number of carbonyl (C=O) groups is 1. The van der Waals surface area contributed by atoms with Gasteiger partial charge in [-0.05, 0) is 56.2 Å².